The summed E-state index contributed by atoms with van der Waals surface area (Å²) in [6.07, 6.45) is 0. The van der Waals surface area contributed by atoms with Crippen LogP contribution in [0, 0.1) is 5.41 Å². The molecule has 0 aromatic heterocycles. The normalized spacial score (nSPS) is 11.0. The highest BCUT2D eigenvalue weighted by Crippen LogP contribution is 2.23. The minimum atomic E-state index is -0.564. The van der Waals surface area contributed by atoms with Crippen molar-refractivity contribution in [3.63, 3.8) is 0 Å². The molecule has 0 bridgehead atoms. The molecule has 5 nitrogen and oxygen atoms in total. The Morgan fingerprint density at radius 3 is 2.29 bits per heavy atom. The molecule has 0 aliphatic rings. The summed E-state index contributed by atoms with van der Waals surface area (Å²) in [6, 6.07) is 16.6. The van der Waals surface area contributed by atoms with Crippen LogP contribution in [-0.2, 0) is 20.9 Å². The number of ketones is 1. The summed E-state index contributed by atoms with van der Waals surface area (Å²) in [4.78, 5) is 37.1. The SMILES string of the molecule is CC(C)(C)C(=O)COC(=O)c1ccccc1SCC(=O)NCc1ccccc1. The first-order chi connectivity index (χ1) is 13.3. The highest BCUT2D eigenvalue weighted by Gasteiger charge is 2.23. The number of esters is 1. The Hall–Kier alpha value is -2.60. The smallest absolute Gasteiger partial charge is 0.339 e. The predicted molar refractivity (Wildman–Crippen MR) is 110 cm³/mol. The first-order valence-electron chi connectivity index (χ1n) is 9.00. The summed E-state index contributed by atoms with van der Waals surface area (Å²) < 4.78 is 5.17. The van der Waals surface area contributed by atoms with E-state index in [1.54, 1.807) is 45.0 Å². The van der Waals surface area contributed by atoms with Crippen molar-refractivity contribution < 1.29 is 19.1 Å². The van der Waals surface area contributed by atoms with Crippen LogP contribution in [0.5, 0.6) is 0 Å². The molecule has 28 heavy (non-hydrogen) atoms. The summed E-state index contributed by atoms with van der Waals surface area (Å²) in [5, 5.41) is 2.85. The number of Topliss-reactive ketones (excluding diaryl/α,β-unsaturated/α-hetero) is 1. The van der Waals surface area contributed by atoms with E-state index in [1.165, 1.54) is 11.8 Å². The lowest BCUT2D eigenvalue weighted by Crippen LogP contribution is -2.26. The fraction of sp³-hybridized carbons (Fsp3) is 0.318. The molecule has 0 saturated carbocycles. The van der Waals surface area contributed by atoms with Crippen LogP contribution < -0.4 is 5.32 Å². The van der Waals surface area contributed by atoms with Crippen molar-refractivity contribution in [2.45, 2.75) is 32.2 Å². The number of nitrogens with one attached hydrogen (secondary N) is 1. The van der Waals surface area contributed by atoms with Gasteiger partial charge in [-0.2, -0.15) is 0 Å². The number of hydrogen-bond acceptors (Lipinski definition) is 5. The van der Waals surface area contributed by atoms with Crippen LogP contribution in [0.4, 0.5) is 0 Å². The standard InChI is InChI=1S/C22H25NO4S/c1-22(2,3)19(24)14-27-21(26)17-11-7-8-12-18(17)28-15-20(25)23-13-16-9-5-4-6-10-16/h4-12H,13-15H2,1-3H3,(H,23,25). The molecular weight excluding hydrogens is 374 g/mol. The van der Waals surface area contributed by atoms with Gasteiger partial charge in [0, 0.05) is 16.9 Å². The lowest BCUT2D eigenvalue weighted by Gasteiger charge is -2.16. The Morgan fingerprint density at radius 1 is 0.964 bits per heavy atom. The summed E-state index contributed by atoms with van der Waals surface area (Å²) in [5.41, 5.74) is 0.809. The van der Waals surface area contributed by atoms with Gasteiger partial charge in [-0.25, -0.2) is 4.79 Å². The van der Waals surface area contributed by atoms with Gasteiger partial charge >= 0.3 is 5.97 Å². The van der Waals surface area contributed by atoms with Gasteiger partial charge in [0.25, 0.3) is 0 Å². The van der Waals surface area contributed by atoms with Crippen molar-refractivity contribution in [3.05, 3.63) is 65.7 Å². The molecule has 0 atom stereocenters. The highest BCUT2D eigenvalue weighted by molar-refractivity contribution is 8.00. The van der Waals surface area contributed by atoms with E-state index in [0.717, 1.165) is 5.56 Å². The van der Waals surface area contributed by atoms with E-state index in [4.69, 9.17) is 4.74 Å². The number of hydrogen-bond donors (Lipinski definition) is 1. The van der Waals surface area contributed by atoms with Gasteiger partial charge in [0.2, 0.25) is 5.91 Å². The van der Waals surface area contributed by atoms with Gasteiger partial charge in [-0.15, -0.1) is 11.8 Å². The van der Waals surface area contributed by atoms with E-state index < -0.39 is 11.4 Å². The molecule has 6 heteroatoms. The number of thioether (sulfide) groups is 1. The molecule has 0 radical (unpaired) electrons. The summed E-state index contributed by atoms with van der Waals surface area (Å²) >= 11 is 1.26. The van der Waals surface area contributed by atoms with Crippen LogP contribution in [-0.4, -0.2) is 30.0 Å². The van der Waals surface area contributed by atoms with Gasteiger partial charge < -0.3 is 10.1 Å². The average Bonchev–Trinajstić information content (AvgIpc) is 2.68. The predicted octanol–water partition coefficient (Wildman–Crippen LogP) is 3.87. The molecule has 0 unspecified atom stereocenters. The van der Waals surface area contributed by atoms with E-state index in [2.05, 4.69) is 5.32 Å². The maximum Gasteiger partial charge on any atom is 0.339 e. The van der Waals surface area contributed by atoms with E-state index in [0.29, 0.717) is 17.0 Å². The average molecular weight is 400 g/mol. The zero-order chi connectivity index (χ0) is 20.6. The Kier molecular flexibility index (Phi) is 7.81. The van der Waals surface area contributed by atoms with Crippen LogP contribution in [0.1, 0.15) is 36.7 Å². The lowest BCUT2D eigenvalue weighted by molar-refractivity contribution is -0.129. The highest BCUT2D eigenvalue weighted by atomic mass is 32.2. The minimum Gasteiger partial charge on any atom is -0.454 e. The fourth-order valence-electron chi connectivity index (χ4n) is 2.18. The Bertz CT molecular complexity index is 828. The number of rotatable bonds is 8. The van der Waals surface area contributed by atoms with Crippen LogP contribution in [0.15, 0.2) is 59.5 Å². The second-order valence-corrected chi connectivity index (χ2v) is 8.31. The Labute approximate surface area is 169 Å². The van der Waals surface area contributed by atoms with E-state index in [-0.39, 0.29) is 24.1 Å². The zero-order valence-corrected chi connectivity index (χ0v) is 17.2. The van der Waals surface area contributed by atoms with Crippen molar-refractivity contribution in [2.75, 3.05) is 12.4 Å². The quantitative estimate of drug-likeness (QED) is 0.539. The van der Waals surface area contributed by atoms with Crippen LogP contribution >= 0.6 is 11.8 Å². The molecule has 0 saturated heterocycles. The van der Waals surface area contributed by atoms with Crippen LogP contribution in [0.25, 0.3) is 0 Å². The fourth-order valence-corrected chi connectivity index (χ4v) is 3.05. The van der Waals surface area contributed by atoms with E-state index >= 15 is 0 Å². The maximum atomic E-state index is 12.4. The van der Waals surface area contributed by atoms with E-state index in [9.17, 15) is 14.4 Å². The third-order valence-electron chi connectivity index (χ3n) is 3.97. The third-order valence-corrected chi connectivity index (χ3v) is 5.04. The second-order valence-electron chi connectivity index (χ2n) is 7.30. The Morgan fingerprint density at radius 2 is 1.61 bits per heavy atom. The minimum absolute atomic E-state index is 0.125. The first-order valence-corrected chi connectivity index (χ1v) is 9.99. The monoisotopic (exact) mass is 399 g/mol. The lowest BCUT2D eigenvalue weighted by atomic mass is 9.91. The maximum absolute atomic E-state index is 12.4. The number of carbonyl (C=O) groups excluding carboxylic acids is 3. The Balaban J connectivity index is 1.89. The van der Waals surface area contributed by atoms with Crippen molar-refractivity contribution in [1.29, 1.82) is 0 Å². The van der Waals surface area contributed by atoms with Gasteiger partial charge in [-0.1, -0.05) is 63.2 Å². The first kappa shape index (κ1) is 21.7. The molecule has 0 aliphatic heterocycles. The molecule has 1 amide bonds. The molecule has 0 aliphatic carbocycles. The third kappa shape index (κ3) is 6.85. The van der Waals surface area contributed by atoms with Crippen molar-refractivity contribution in [2.24, 2.45) is 5.41 Å². The van der Waals surface area contributed by atoms with Crippen LogP contribution in [0.3, 0.4) is 0 Å². The molecule has 2 aromatic rings. The topological polar surface area (TPSA) is 72.5 Å². The largest absolute Gasteiger partial charge is 0.454 e. The molecule has 148 valence electrons. The molecule has 1 N–H and O–H groups in total. The van der Waals surface area contributed by atoms with Crippen molar-refractivity contribution >= 4 is 29.4 Å². The molecule has 2 aromatic carbocycles. The molecule has 0 spiro atoms. The van der Waals surface area contributed by atoms with E-state index in [1.807, 2.05) is 30.3 Å². The summed E-state index contributed by atoms with van der Waals surface area (Å²) in [7, 11) is 0. The summed E-state index contributed by atoms with van der Waals surface area (Å²) in [5.74, 6) is -0.658. The summed E-state index contributed by atoms with van der Waals surface area (Å²) in [6.45, 7) is 5.53. The van der Waals surface area contributed by atoms with Gasteiger partial charge in [-0.3, -0.25) is 9.59 Å². The number of amides is 1. The molecule has 2 rings (SSSR count). The van der Waals surface area contributed by atoms with Gasteiger partial charge in [0.15, 0.2) is 12.4 Å². The van der Waals surface area contributed by atoms with Crippen LogP contribution in [0.2, 0.25) is 0 Å². The second kappa shape index (κ2) is 10.1. The van der Waals surface area contributed by atoms with Crippen molar-refractivity contribution in [1.82, 2.24) is 5.32 Å². The molecule has 0 heterocycles. The molecule has 0 fully saturated rings. The van der Waals surface area contributed by atoms with Gasteiger partial charge in [0.1, 0.15) is 0 Å². The van der Waals surface area contributed by atoms with Gasteiger partial charge in [0.05, 0.1) is 11.3 Å². The molecular formula is C22H25NO4S. The van der Waals surface area contributed by atoms with Gasteiger partial charge in [-0.05, 0) is 17.7 Å². The van der Waals surface area contributed by atoms with Crippen molar-refractivity contribution in [3.8, 4) is 0 Å². The number of carbonyl (C=O) groups is 3. The number of ether oxygens (including phenoxy) is 1. The number of benzene rings is 2. The zero-order valence-electron chi connectivity index (χ0n) is 16.4.